The van der Waals surface area contributed by atoms with Crippen molar-refractivity contribution < 1.29 is 19.4 Å². The van der Waals surface area contributed by atoms with E-state index in [-0.39, 0.29) is 29.9 Å². The molecular weight excluding hydrogens is 454 g/mol. The van der Waals surface area contributed by atoms with Crippen molar-refractivity contribution in [1.29, 1.82) is 0 Å². The zero-order valence-electron chi connectivity index (χ0n) is 21.7. The Bertz CT molecular complexity index is 1170. The molecule has 7 nitrogen and oxygen atoms in total. The summed E-state index contributed by atoms with van der Waals surface area (Å²) in [5.41, 5.74) is 3.16. The molecule has 1 spiro atoms. The van der Waals surface area contributed by atoms with E-state index in [9.17, 15) is 14.7 Å². The molecule has 1 N–H and O–H groups in total. The molecule has 6 rings (SSSR count). The molecule has 3 fully saturated rings. The summed E-state index contributed by atoms with van der Waals surface area (Å²) in [5.74, 6) is 1.98. The lowest BCUT2D eigenvalue weighted by Crippen LogP contribution is -2.56. The second kappa shape index (κ2) is 9.09. The number of amides is 2. The molecule has 2 aliphatic carbocycles. The lowest BCUT2D eigenvalue weighted by molar-refractivity contribution is -0.141. The van der Waals surface area contributed by atoms with Crippen LogP contribution in [0.1, 0.15) is 75.1 Å². The SMILES string of the molecule is COc1ccc2c3c(n(C)c2c1)[C@H](CO)N(C(=O)CC1CC1)CC31CCN(C(=O)C2CCCC2)CC1. The Morgan fingerprint density at radius 3 is 2.47 bits per heavy atom. The van der Waals surface area contributed by atoms with Crippen LogP contribution in [-0.2, 0) is 22.1 Å². The van der Waals surface area contributed by atoms with Crippen molar-refractivity contribution in [3.05, 3.63) is 29.5 Å². The van der Waals surface area contributed by atoms with Gasteiger partial charge in [0.2, 0.25) is 11.8 Å². The standard InChI is InChI=1S/C29H39N3O4/c1-30-23-16-21(36-2)9-10-22(23)26-27(30)24(17-33)32(25(34)15-19-7-8-19)18-29(26)11-13-31(14-12-29)28(35)20-5-3-4-6-20/h9-10,16,19-20,24,33H,3-8,11-15,17-18H2,1-2H3/t24-/m0/s1. The number of methoxy groups -OCH3 is 1. The molecule has 2 aromatic rings. The molecule has 2 amide bonds. The highest BCUT2D eigenvalue weighted by Gasteiger charge is 2.50. The summed E-state index contributed by atoms with van der Waals surface area (Å²) in [4.78, 5) is 30.8. The highest BCUT2D eigenvalue weighted by Crippen LogP contribution is 2.51. The predicted molar refractivity (Wildman–Crippen MR) is 138 cm³/mol. The van der Waals surface area contributed by atoms with Crippen molar-refractivity contribution in [1.82, 2.24) is 14.4 Å². The van der Waals surface area contributed by atoms with Gasteiger partial charge in [-0.3, -0.25) is 9.59 Å². The molecule has 1 atom stereocenters. The average molecular weight is 494 g/mol. The minimum atomic E-state index is -0.349. The van der Waals surface area contributed by atoms with Gasteiger partial charge in [0, 0.05) is 61.6 Å². The maximum Gasteiger partial charge on any atom is 0.225 e. The summed E-state index contributed by atoms with van der Waals surface area (Å²) >= 11 is 0. The number of ether oxygens (including phenoxy) is 1. The molecule has 0 bridgehead atoms. The Morgan fingerprint density at radius 2 is 1.83 bits per heavy atom. The van der Waals surface area contributed by atoms with Crippen LogP contribution in [0.15, 0.2) is 18.2 Å². The smallest absolute Gasteiger partial charge is 0.225 e. The first-order chi connectivity index (χ1) is 17.5. The Labute approximate surface area is 213 Å². The van der Waals surface area contributed by atoms with Crippen LogP contribution >= 0.6 is 0 Å². The van der Waals surface area contributed by atoms with Crippen LogP contribution in [0.5, 0.6) is 5.75 Å². The van der Waals surface area contributed by atoms with Crippen molar-refractivity contribution >= 4 is 22.7 Å². The van der Waals surface area contributed by atoms with Crippen LogP contribution < -0.4 is 4.74 Å². The molecule has 1 aromatic heterocycles. The van der Waals surface area contributed by atoms with Gasteiger partial charge in [-0.25, -0.2) is 0 Å². The van der Waals surface area contributed by atoms with Gasteiger partial charge in [0.05, 0.1) is 25.3 Å². The van der Waals surface area contributed by atoms with Crippen LogP contribution in [0.25, 0.3) is 10.9 Å². The number of hydrogen-bond acceptors (Lipinski definition) is 4. The summed E-state index contributed by atoms with van der Waals surface area (Å²) in [5, 5.41) is 11.8. The molecule has 1 saturated heterocycles. The van der Waals surface area contributed by atoms with Crippen LogP contribution in [0, 0.1) is 11.8 Å². The number of likely N-dealkylation sites (tertiary alicyclic amines) is 1. The molecular formula is C29H39N3O4. The van der Waals surface area contributed by atoms with E-state index in [1.807, 2.05) is 18.0 Å². The number of carbonyl (C=O) groups excluding carboxylic acids is 2. The molecule has 0 radical (unpaired) electrons. The molecule has 4 aliphatic rings. The topological polar surface area (TPSA) is 75.0 Å². The monoisotopic (exact) mass is 493 g/mol. The van der Waals surface area contributed by atoms with Gasteiger partial charge < -0.3 is 24.2 Å². The zero-order valence-corrected chi connectivity index (χ0v) is 21.7. The number of fused-ring (bicyclic) bond motifs is 4. The minimum Gasteiger partial charge on any atom is -0.497 e. The lowest BCUT2D eigenvalue weighted by Gasteiger charge is -2.50. The third-order valence-electron chi connectivity index (χ3n) is 9.54. The first kappa shape index (κ1) is 23.8. The van der Waals surface area contributed by atoms with Gasteiger partial charge in [0.1, 0.15) is 5.75 Å². The van der Waals surface area contributed by atoms with E-state index in [0.717, 1.165) is 81.4 Å². The maximum atomic E-state index is 13.5. The van der Waals surface area contributed by atoms with Crippen LogP contribution in [0.3, 0.4) is 0 Å². The molecule has 2 aliphatic heterocycles. The molecule has 3 heterocycles. The largest absolute Gasteiger partial charge is 0.497 e. The molecule has 2 saturated carbocycles. The summed E-state index contributed by atoms with van der Waals surface area (Å²) in [6.07, 6.45) is 8.90. The first-order valence-electron chi connectivity index (χ1n) is 13.8. The van der Waals surface area contributed by atoms with E-state index in [1.165, 1.54) is 10.9 Å². The van der Waals surface area contributed by atoms with Crippen LogP contribution in [0.4, 0.5) is 0 Å². The maximum absolute atomic E-state index is 13.5. The van der Waals surface area contributed by atoms with Gasteiger partial charge in [-0.2, -0.15) is 0 Å². The number of piperidine rings is 1. The highest BCUT2D eigenvalue weighted by atomic mass is 16.5. The van der Waals surface area contributed by atoms with Gasteiger partial charge in [0.15, 0.2) is 0 Å². The molecule has 0 unspecified atom stereocenters. The van der Waals surface area contributed by atoms with Crippen molar-refractivity contribution in [2.75, 3.05) is 33.4 Å². The number of aryl methyl sites for hydroxylation is 1. The molecule has 1 aromatic carbocycles. The summed E-state index contributed by atoms with van der Waals surface area (Å²) in [6, 6.07) is 5.86. The van der Waals surface area contributed by atoms with E-state index in [1.54, 1.807) is 7.11 Å². The summed E-state index contributed by atoms with van der Waals surface area (Å²) < 4.78 is 7.70. The average Bonchev–Trinajstić information content (AvgIpc) is 3.44. The van der Waals surface area contributed by atoms with Gasteiger partial charge in [-0.15, -0.1) is 0 Å². The molecule has 7 heteroatoms. The molecule has 36 heavy (non-hydrogen) atoms. The highest BCUT2D eigenvalue weighted by molar-refractivity contribution is 5.90. The normalized spacial score (nSPS) is 23.9. The van der Waals surface area contributed by atoms with Gasteiger partial charge in [-0.1, -0.05) is 12.8 Å². The number of aliphatic hydroxyl groups excluding tert-OH is 1. The number of benzene rings is 1. The zero-order chi connectivity index (χ0) is 25.0. The summed E-state index contributed by atoms with van der Waals surface area (Å²) in [6.45, 7) is 1.99. The molecule has 194 valence electrons. The van der Waals surface area contributed by atoms with Crippen LogP contribution in [-0.4, -0.2) is 64.6 Å². The van der Waals surface area contributed by atoms with Gasteiger partial charge in [-0.05, 0) is 62.1 Å². The number of aromatic nitrogens is 1. The fraction of sp³-hybridized carbons (Fsp3) is 0.655. The fourth-order valence-corrected chi connectivity index (χ4v) is 7.30. The number of carbonyl (C=O) groups is 2. The van der Waals surface area contributed by atoms with E-state index in [2.05, 4.69) is 21.6 Å². The summed E-state index contributed by atoms with van der Waals surface area (Å²) in [7, 11) is 3.72. The predicted octanol–water partition coefficient (Wildman–Crippen LogP) is 3.91. The fourth-order valence-electron chi connectivity index (χ4n) is 7.30. The minimum absolute atomic E-state index is 0.0902. The Hall–Kier alpha value is -2.54. The van der Waals surface area contributed by atoms with E-state index in [4.69, 9.17) is 4.74 Å². The van der Waals surface area contributed by atoms with Crippen molar-refractivity contribution in [2.24, 2.45) is 18.9 Å². The van der Waals surface area contributed by atoms with Gasteiger partial charge >= 0.3 is 0 Å². The third kappa shape index (κ3) is 3.82. The second-order valence-corrected chi connectivity index (χ2v) is 11.7. The Morgan fingerprint density at radius 1 is 1.11 bits per heavy atom. The number of rotatable bonds is 5. The lowest BCUT2D eigenvalue weighted by atomic mass is 9.68. The van der Waals surface area contributed by atoms with E-state index < -0.39 is 0 Å². The number of nitrogens with zero attached hydrogens (tertiary/aromatic N) is 3. The van der Waals surface area contributed by atoms with E-state index >= 15 is 0 Å². The Kier molecular flexibility index (Phi) is 6.02. The quantitative estimate of drug-likeness (QED) is 0.685. The van der Waals surface area contributed by atoms with Gasteiger partial charge in [0.25, 0.3) is 0 Å². The third-order valence-corrected chi connectivity index (χ3v) is 9.54. The van der Waals surface area contributed by atoms with Crippen molar-refractivity contribution in [2.45, 2.75) is 69.2 Å². The second-order valence-electron chi connectivity index (χ2n) is 11.7. The Balaban J connectivity index is 1.41. The number of hydrogen-bond donors (Lipinski definition) is 1. The van der Waals surface area contributed by atoms with Crippen molar-refractivity contribution in [3.63, 3.8) is 0 Å². The van der Waals surface area contributed by atoms with Crippen molar-refractivity contribution in [3.8, 4) is 5.75 Å². The number of aliphatic hydroxyl groups is 1. The first-order valence-corrected chi connectivity index (χ1v) is 13.8. The van der Waals surface area contributed by atoms with Crippen LogP contribution in [0.2, 0.25) is 0 Å². The van der Waals surface area contributed by atoms with E-state index in [0.29, 0.717) is 24.8 Å².